The van der Waals surface area contributed by atoms with E-state index >= 15 is 0 Å². The first-order valence-electron chi connectivity index (χ1n) is 6.33. The van der Waals surface area contributed by atoms with Crippen LogP contribution in [0.4, 0.5) is 10.5 Å². The Hall–Kier alpha value is -2.18. The van der Waals surface area contributed by atoms with E-state index < -0.39 is 11.9 Å². The van der Waals surface area contributed by atoms with Gasteiger partial charge in [-0.05, 0) is 30.3 Å². The predicted molar refractivity (Wildman–Crippen MR) is 84.0 cm³/mol. The van der Waals surface area contributed by atoms with Crippen molar-refractivity contribution in [2.75, 3.05) is 11.9 Å². The normalized spacial score (nSPS) is 10.1. The van der Waals surface area contributed by atoms with Gasteiger partial charge in [0.15, 0.2) is 0 Å². The van der Waals surface area contributed by atoms with Gasteiger partial charge in [0.25, 0.3) is 0 Å². The van der Waals surface area contributed by atoms with Crippen molar-refractivity contribution >= 4 is 40.8 Å². The van der Waals surface area contributed by atoms with Crippen LogP contribution in [-0.4, -0.2) is 18.5 Å². The number of amides is 3. The smallest absolute Gasteiger partial charge is 0.321 e. The van der Waals surface area contributed by atoms with Gasteiger partial charge in [-0.3, -0.25) is 10.1 Å². The number of imide groups is 1. The third-order valence-corrected chi connectivity index (χ3v) is 3.37. The molecule has 0 bridgehead atoms. The van der Waals surface area contributed by atoms with Gasteiger partial charge < -0.3 is 15.1 Å². The lowest BCUT2D eigenvalue weighted by atomic mass is 10.3. The molecule has 1 aromatic heterocycles. The van der Waals surface area contributed by atoms with Crippen LogP contribution in [0.15, 0.2) is 41.0 Å². The van der Waals surface area contributed by atoms with Gasteiger partial charge in [0.2, 0.25) is 5.91 Å². The van der Waals surface area contributed by atoms with Gasteiger partial charge in [0.05, 0.1) is 29.4 Å². The van der Waals surface area contributed by atoms with Crippen molar-refractivity contribution in [3.63, 3.8) is 0 Å². The number of hydrogen-bond acceptors (Lipinski definition) is 4. The van der Waals surface area contributed by atoms with Crippen LogP contribution < -0.4 is 16.0 Å². The molecule has 2 rings (SSSR count). The number of anilines is 1. The zero-order valence-corrected chi connectivity index (χ0v) is 12.9. The minimum absolute atomic E-state index is 0.0772. The summed E-state index contributed by atoms with van der Waals surface area (Å²) in [5.74, 6) is 0.111. The number of benzene rings is 1. The molecule has 0 unspecified atom stereocenters. The van der Waals surface area contributed by atoms with E-state index in [1.54, 1.807) is 30.3 Å². The predicted octanol–water partition coefficient (Wildman–Crippen LogP) is 3.02. The van der Waals surface area contributed by atoms with E-state index in [2.05, 4.69) is 16.0 Å². The second kappa shape index (κ2) is 7.72. The number of furan rings is 1. The summed E-state index contributed by atoms with van der Waals surface area (Å²) in [7, 11) is 0. The summed E-state index contributed by atoms with van der Waals surface area (Å²) >= 11 is 11.6. The standard InChI is InChI=1S/C14H13Cl2N3O3/c15-11-4-3-9(6-12(11)16)17-8-13(20)19-14(21)18-7-10-2-1-5-22-10/h1-6,17H,7-8H2,(H2,18,19,20,21). The molecule has 3 N–H and O–H groups in total. The number of nitrogens with one attached hydrogen (secondary N) is 3. The van der Waals surface area contributed by atoms with E-state index in [4.69, 9.17) is 27.6 Å². The molecule has 8 heteroatoms. The Bertz CT molecular complexity index is 659. The highest BCUT2D eigenvalue weighted by atomic mass is 35.5. The van der Waals surface area contributed by atoms with Crippen LogP contribution in [0, 0.1) is 0 Å². The molecule has 0 saturated carbocycles. The molecular weight excluding hydrogens is 329 g/mol. The maximum Gasteiger partial charge on any atom is 0.321 e. The van der Waals surface area contributed by atoms with Gasteiger partial charge in [-0.1, -0.05) is 23.2 Å². The number of hydrogen-bond donors (Lipinski definition) is 3. The molecule has 0 saturated heterocycles. The number of halogens is 2. The highest BCUT2D eigenvalue weighted by Gasteiger charge is 2.08. The van der Waals surface area contributed by atoms with Crippen molar-refractivity contribution in [2.24, 2.45) is 0 Å². The Morgan fingerprint density at radius 3 is 2.64 bits per heavy atom. The van der Waals surface area contributed by atoms with Crippen molar-refractivity contribution in [1.29, 1.82) is 0 Å². The molecule has 3 amide bonds. The maximum atomic E-state index is 11.6. The second-order valence-electron chi connectivity index (χ2n) is 4.29. The van der Waals surface area contributed by atoms with Crippen molar-refractivity contribution in [3.05, 3.63) is 52.4 Å². The summed E-state index contributed by atoms with van der Waals surface area (Å²) in [5, 5.41) is 8.32. The number of urea groups is 1. The largest absolute Gasteiger partial charge is 0.467 e. The quantitative estimate of drug-likeness (QED) is 0.780. The summed E-state index contributed by atoms with van der Waals surface area (Å²) in [6, 6.07) is 7.71. The van der Waals surface area contributed by atoms with Gasteiger partial charge in [-0.25, -0.2) is 4.79 Å². The summed E-state index contributed by atoms with van der Waals surface area (Å²) in [4.78, 5) is 23.1. The highest BCUT2D eigenvalue weighted by Crippen LogP contribution is 2.24. The molecule has 0 atom stereocenters. The van der Waals surface area contributed by atoms with Crippen LogP contribution >= 0.6 is 23.2 Å². The minimum Gasteiger partial charge on any atom is -0.467 e. The third kappa shape index (κ3) is 4.98. The molecule has 0 radical (unpaired) electrons. The SMILES string of the molecule is O=C(CNc1ccc(Cl)c(Cl)c1)NC(=O)NCc1ccco1. The second-order valence-corrected chi connectivity index (χ2v) is 5.11. The van der Waals surface area contributed by atoms with Crippen molar-refractivity contribution in [3.8, 4) is 0 Å². The molecule has 116 valence electrons. The van der Waals surface area contributed by atoms with Gasteiger partial charge in [-0.2, -0.15) is 0 Å². The Morgan fingerprint density at radius 2 is 1.95 bits per heavy atom. The summed E-state index contributed by atoms with van der Waals surface area (Å²) in [5.41, 5.74) is 0.626. The lowest BCUT2D eigenvalue weighted by molar-refractivity contribution is -0.118. The highest BCUT2D eigenvalue weighted by molar-refractivity contribution is 6.42. The van der Waals surface area contributed by atoms with Gasteiger partial charge in [0, 0.05) is 5.69 Å². The Labute approximate surface area is 136 Å². The molecule has 0 aliphatic carbocycles. The van der Waals surface area contributed by atoms with Gasteiger partial charge >= 0.3 is 6.03 Å². The maximum absolute atomic E-state index is 11.6. The molecule has 22 heavy (non-hydrogen) atoms. The van der Waals surface area contributed by atoms with Crippen molar-refractivity contribution in [1.82, 2.24) is 10.6 Å². The van der Waals surface area contributed by atoms with E-state index in [1.165, 1.54) is 6.26 Å². The fourth-order valence-electron chi connectivity index (χ4n) is 1.58. The van der Waals surface area contributed by atoms with Gasteiger partial charge in [-0.15, -0.1) is 0 Å². The van der Waals surface area contributed by atoms with E-state index in [1.807, 2.05) is 0 Å². The molecule has 2 aromatic rings. The Balaban J connectivity index is 1.72. The van der Waals surface area contributed by atoms with Crippen LogP contribution in [0.3, 0.4) is 0 Å². The first-order chi connectivity index (χ1) is 10.5. The Morgan fingerprint density at radius 1 is 1.14 bits per heavy atom. The number of carbonyl (C=O) groups is 2. The fraction of sp³-hybridized carbons (Fsp3) is 0.143. The van der Waals surface area contributed by atoms with Crippen LogP contribution in [0.5, 0.6) is 0 Å². The lowest BCUT2D eigenvalue weighted by Crippen LogP contribution is -2.41. The first kappa shape index (κ1) is 16.2. The molecule has 6 nitrogen and oxygen atoms in total. The number of carbonyl (C=O) groups excluding carboxylic acids is 2. The minimum atomic E-state index is -0.600. The van der Waals surface area contributed by atoms with Crippen molar-refractivity contribution < 1.29 is 14.0 Å². The molecule has 1 heterocycles. The molecule has 0 fully saturated rings. The topological polar surface area (TPSA) is 83.4 Å². The zero-order valence-electron chi connectivity index (χ0n) is 11.4. The average Bonchev–Trinajstić information content (AvgIpc) is 3.00. The van der Waals surface area contributed by atoms with Crippen LogP contribution in [0.2, 0.25) is 10.0 Å². The van der Waals surface area contributed by atoms with Gasteiger partial charge in [0.1, 0.15) is 5.76 Å². The number of rotatable bonds is 5. The Kier molecular flexibility index (Phi) is 5.68. The summed E-state index contributed by atoms with van der Waals surface area (Å²) < 4.78 is 5.05. The lowest BCUT2D eigenvalue weighted by Gasteiger charge is -2.08. The van der Waals surface area contributed by atoms with Crippen LogP contribution in [-0.2, 0) is 11.3 Å². The summed E-state index contributed by atoms with van der Waals surface area (Å²) in [6.07, 6.45) is 1.50. The van der Waals surface area contributed by atoms with Crippen LogP contribution in [0.1, 0.15) is 5.76 Å². The molecule has 0 aliphatic rings. The fourth-order valence-corrected chi connectivity index (χ4v) is 1.88. The van der Waals surface area contributed by atoms with Crippen LogP contribution in [0.25, 0.3) is 0 Å². The third-order valence-electron chi connectivity index (χ3n) is 2.63. The average molecular weight is 342 g/mol. The van der Waals surface area contributed by atoms with E-state index in [0.29, 0.717) is 21.5 Å². The monoisotopic (exact) mass is 341 g/mol. The molecular formula is C14H13Cl2N3O3. The van der Waals surface area contributed by atoms with E-state index in [9.17, 15) is 9.59 Å². The van der Waals surface area contributed by atoms with E-state index in [0.717, 1.165) is 0 Å². The zero-order chi connectivity index (χ0) is 15.9. The summed E-state index contributed by atoms with van der Waals surface area (Å²) in [6.45, 7) is 0.123. The van der Waals surface area contributed by atoms with Crippen molar-refractivity contribution in [2.45, 2.75) is 6.54 Å². The van der Waals surface area contributed by atoms with E-state index in [-0.39, 0.29) is 13.1 Å². The molecule has 1 aromatic carbocycles. The first-order valence-corrected chi connectivity index (χ1v) is 7.09. The molecule has 0 spiro atoms. The molecule has 0 aliphatic heterocycles.